The number of hydrogen-bond donors (Lipinski definition) is 1. The summed E-state index contributed by atoms with van der Waals surface area (Å²) in [6, 6.07) is 26.4. The molecule has 0 saturated heterocycles. The summed E-state index contributed by atoms with van der Waals surface area (Å²) in [7, 11) is 1.32. The Labute approximate surface area is 211 Å². The van der Waals surface area contributed by atoms with Gasteiger partial charge in [0.15, 0.2) is 5.70 Å². The Morgan fingerprint density at radius 2 is 1.72 bits per heavy atom. The van der Waals surface area contributed by atoms with Gasteiger partial charge in [-0.05, 0) is 48.6 Å². The van der Waals surface area contributed by atoms with E-state index in [-0.39, 0.29) is 17.9 Å². The molecule has 1 aliphatic heterocycles. The van der Waals surface area contributed by atoms with Crippen LogP contribution in [-0.4, -0.2) is 30.7 Å². The summed E-state index contributed by atoms with van der Waals surface area (Å²) in [5, 5.41) is 11.4. The first-order chi connectivity index (χ1) is 17.5. The normalized spacial score (nSPS) is 17.4. The van der Waals surface area contributed by atoms with E-state index in [9.17, 15) is 14.7 Å². The van der Waals surface area contributed by atoms with Gasteiger partial charge in [0.25, 0.3) is 0 Å². The Hall–Kier alpha value is -4.06. The lowest BCUT2D eigenvalue weighted by Crippen LogP contribution is -2.43. The lowest BCUT2D eigenvalue weighted by molar-refractivity contribution is -0.161. The first-order valence-electron chi connectivity index (χ1n) is 12.2. The molecule has 4 rings (SSSR count). The van der Waals surface area contributed by atoms with Gasteiger partial charge in [-0.3, -0.25) is 0 Å². The number of hydrogen-bond acceptors (Lipinski definition) is 6. The number of methoxy groups -OCH3 is 1. The molecule has 1 heterocycles. The summed E-state index contributed by atoms with van der Waals surface area (Å²) in [6.45, 7) is 2.44. The molecule has 0 spiro atoms. The number of benzene rings is 3. The van der Waals surface area contributed by atoms with Crippen molar-refractivity contribution in [2.24, 2.45) is 0 Å². The molecule has 6 nitrogen and oxygen atoms in total. The summed E-state index contributed by atoms with van der Waals surface area (Å²) in [5.74, 6) is -1.09. The minimum absolute atomic E-state index is 0.0277. The van der Waals surface area contributed by atoms with Crippen molar-refractivity contribution in [2.45, 2.75) is 38.2 Å². The zero-order valence-corrected chi connectivity index (χ0v) is 20.6. The van der Waals surface area contributed by atoms with Gasteiger partial charge in [0.05, 0.1) is 19.1 Å². The summed E-state index contributed by atoms with van der Waals surface area (Å²) in [4.78, 5) is 27.4. The number of rotatable bonds is 9. The summed E-state index contributed by atoms with van der Waals surface area (Å²) in [5.41, 5.74) is 2.05. The van der Waals surface area contributed by atoms with Crippen LogP contribution in [0.4, 0.5) is 5.69 Å². The second-order valence-corrected chi connectivity index (χ2v) is 8.90. The topological polar surface area (TPSA) is 76.1 Å². The van der Waals surface area contributed by atoms with Crippen LogP contribution in [0, 0.1) is 0 Å². The molecule has 36 heavy (non-hydrogen) atoms. The van der Waals surface area contributed by atoms with Crippen molar-refractivity contribution in [2.75, 3.05) is 18.6 Å². The highest BCUT2D eigenvalue weighted by molar-refractivity contribution is 5.96. The van der Waals surface area contributed by atoms with Crippen LogP contribution in [0.3, 0.4) is 0 Å². The first-order valence-corrected chi connectivity index (χ1v) is 12.2. The molecule has 1 aliphatic rings. The number of aliphatic hydroxyl groups excluding tert-OH is 1. The zero-order valence-electron chi connectivity index (χ0n) is 20.6. The van der Waals surface area contributed by atoms with E-state index in [2.05, 4.69) is 0 Å². The molecule has 0 amide bonds. The standard InChI is InChI=1S/C30H31NO5/c1-3-19-31(25-16-10-13-23(20-25)28(33)35-2)27-26(32)21-30(36-29(27)34,24-14-8-5-9-15-24)18-17-22-11-6-4-7-12-22/h4-16,20,32H,3,17-19,21H2,1-2H3. The van der Waals surface area contributed by atoms with Gasteiger partial charge in [0.2, 0.25) is 0 Å². The number of aryl methyl sites for hydroxylation is 1. The quantitative estimate of drug-likeness (QED) is 0.378. The van der Waals surface area contributed by atoms with E-state index in [0.29, 0.717) is 37.1 Å². The average molecular weight is 486 g/mol. The fourth-order valence-electron chi connectivity index (χ4n) is 4.69. The molecule has 3 aromatic carbocycles. The summed E-state index contributed by atoms with van der Waals surface area (Å²) in [6.07, 6.45) is 2.08. The van der Waals surface area contributed by atoms with Crippen molar-refractivity contribution in [1.82, 2.24) is 0 Å². The third-order valence-electron chi connectivity index (χ3n) is 6.46. The molecule has 0 bridgehead atoms. The van der Waals surface area contributed by atoms with Crippen molar-refractivity contribution in [3.8, 4) is 0 Å². The smallest absolute Gasteiger partial charge is 0.359 e. The predicted molar refractivity (Wildman–Crippen MR) is 139 cm³/mol. The lowest BCUT2D eigenvalue weighted by atomic mass is 9.82. The number of esters is 2. The van der Waals surface area contributed by atoms with Crippen LogP contribution >= 0.6 is 0 Å². The molecule has 0 saturated carbocycles. The Morgan fingerprint density at radius 1 is 1.03 bits per heavy atom. The van der Waals surface area contributed by atoms with Gasteiger partial charge in [-0.2, -0.15) is 0 Å². The van der Waals surface area contributed by atoms with E-state index in [1.165, 1.54) is 7.11 Å². The maximum atomic E-state index is 13.6. The molecule has 1 atom stereocenters. The molecule has 0 radical (unpaired) electrons. The molecule has 1 N–H and O–H groups in total. The van der Waals surface area contributed by atoms with Gasteiger partial charge in [-0.25, -0.2) is 9.59 Å². The third-order valence-corrected chi connectivity index (χ3v) is 6.46. The largest absolute Gasteiger partial charge is 0.510 e. The zero-order chi connectivity index (χ0) is 25.5. The monoisotopic (exact) mass is 485 g/mol. The Balaban J connectivity index is 1.72. The molecule has 0 aliphatic carbocycles. The van der Waals surface area contributed by atoms with Crippen LogP contribution in [-0.2, 0) is 26.3 Å². The SMILES string of the molecule is CCCN(C1=C(O)CC(CCc2ccccc2)(c2ccccc2)OC1=O)c1cccc(C(=O)OC)c1. The van der Waals surface area contributed by atoms with Gasteiger partial charge < -0.3 is 19.5 Å². The number of anilines is 1. The van der Waals surface area contributed by atoms with Gasteiger partial charge in [-0.1, -0.05) is 73.7 Å². The Bertz CT molecular complexity index is 1240. The fraction of sp³-hybridized carbons (Fsp3) is 0.267. The van der Waals surface area contributed by atoms with Crippen molar-refractivity contribution >= 4 is 17.6 Å². The molecular formula is C30H31NO5. The number of carbonyl (C=O) groups excluding carboxylic acids is 2. The van der Waals surface area contributed by atoms with Crippen molar-refractivity contribution < 1.29 is 24.2 Å². The number of carbonyl (C=O) groups is 2. The van der Waals surface area contributed by atoms with Crippen LogP contribution < -0.4 is 4.90 Å². The van der Waals surface area contributed by atoms with E-state index >= 15 is 0 Å². The number of aliphatic hydroxyl groups is 1. The van der Waals surface area contributed by atoms with Gasteiger partial charge in [0.1, 0.15) is 11.4 Å². The van der Waals surface area contributed by atoms with E-state index in [1.807, 2.05) is 67.6 Å². The van der Waals surface area contributed by atoms with E-state index in [0.717, 1.165) is 11.1 Å². The van der Waals surface area contributed by atoms with Gasteiger partial charge in [0, 0.05) is 12.2 Å². The van der Waals surface area contributed by atoms with Crippen LogP contribution in [0.2, 0.25) is 0 Å². The Morgan fingerprint density at radius 3 is 2.36 bits per heavy atom. The van der Waals surface area contributed by atoms with E-state index in [1.54, 1.807) is 29.2 Å². The molecule has 3 aromatic rings. The van der Waals surface area contributed by atoms with Crippen LogP contribution in [0.5, 0.6) is 0 Å². The maximum Gasteiger partial charge on any atom is 0.359 e. The highest BCUT2D eigenvalue weighted by Crippen LogP contribution is 2.42. The van der Waals surface area contributed by atoms with Gasteiger partial charge in [-0.15, -0.1) is 0 Å². The van der Waals surface area contributed by atoms with Crippen LogP contribution in [0.15, 0.2) is 96.4 Å². The second-order valence-electron chi connectivity index (χ2n) is 8.90. The maximum absolute atomic E-state index is 13.6. The predicted octanol–water partition coefficient (Wildman–Crippen LogP) is 5.93. The van der Waals surface area contributed by atoms with Crippen LogP contribution in [0.25, 0.3) is 0 Å². The molecule has 186 valence electrons. The molecule has 1 unspecified atom stereocenters. The van der Waals surface area contributed by atoms with Crippen LogP contribution in [0.1, 0.15) is 47.7 Å². The van der Waals surface area contributed by atoms with Crippen molar-refractivity contribution in [3.05, 3.63) is 113 Å². The molecule has 6 heteroatoms. The molecule has 0 aromatic heterocycles. The minimum Gasteiger partial charge on any atom is -0.510 e. The lowest BCUT2D eigenvalue weighted by Gasteiger charge is -2.40. The molecular weight excluding hydrogens is 454 g/mol. The van der Waals surface area contributed by atoms with Crippen molar-refractivity contribution in [1.29, 1.82) is 0 Å². The summed E-state index contributed by atoms with van der Waals surface area (Å²) >= 11 is 0. The molecule has 0 fully saturated rings. The third kappa shape index (κ3) is 5.28. The number of cyclic esters (lactones) is 1. The number of ether oxygens (including phenoxy) is 2. The fourth-order valence-corrected chi connectivity index (χ4v) is 4.69. The average Bonchev–Trinajstić information content (AvgIpc) is 2.92. The van der Waals surface area contributed by atoms with E-state index in [4.69, 9.17) is 9.47 Å². The second kappa shape index (κ2) is 11.1. The van der Waals surface area contributed by atoms with E-state index < -0.39 is 17.5 Å². The van der Waals surface area contributed by atoms with Gasteiger partial charge >= 0.3 is 11.9 Å². The Kier molecular flexibility index (Phi) is 7.74. The minimum atomic E-state index is -0.993. The first kappa shape index (κ1) is 25.0. The summed E-state index contributed by atoms with van der Waals surface area (Å²) < 4.78 is 11.1. The number of nitrogens with zero attached hydrogens (tertiary/aromatic N) is 1. The van der Waals surface area contributed by atoms with Crippen molar-refractivity contribution in [3.63, 3.8) is 0 Å². The highest BCUT2D eigenvalue weighted by Gasteiger charge is 2.44. The highest BCUT2D eigenvalue weighted by atomic mass is 16.6.